The number of aromatic nitrogens is 1. The highest BCUT2D eigenvalue weighted by Gasteiger charge is 2.11. The van der Waals surface area contributed by atoms with E-state index in [1.165, 1.54) is 12.1 Å². The molecule has 170 valence electrons. The fraction of sp³-hybridized carbons (Fsp3) is 0.107. The van der Waals surface area contributed by atoms with Gasteiger partial charge in [0.1, 0.15) is 5.75 Å². The van der Waals surface area contributed by atoms with E-state index in [-0.39, 0.29) is 11.5 Å². The summed E-state index contributed by atoms with van der Waals surface area (Å²) in [5.41, 5.74) is 6.62. The molecule has 0 saturated heterocycles. The lowest BCUT2D eigenvalue weighted by Crippen LogP contribution is -1.99. The Kier molecular flexibility index (Phi) is 6.41. The van der Waals surface area contributed by atoms with Gasteiger partial charge in [0, 0.05) is 34.8 Å². The summed E-state index contributed by atoms with van der Waals surface area (Å²) in [5, 5.41) is 10.9. The minimum atomic E-state index is -0.402. The minimum Gasteiger partial charge on any atom is -0.497 e. The molecule has 4 aromatic rings. The predicted octanol–water partition coefficient (Wildman–Crippen LogP) is 6.57. The molecule has 4 rings (SSSR count). The van der Waals surface area contributed by atoms with Crippen LogP contribution in [-0.4, -0.2) is 22.4 Å². The minimum absolute atomic E-state index is 0.0695. The molecule has 0 saturated carbocycles. The number of carbonyl (C=O) groups is 1. The molecule has 1 heterocycles. The average Bonchev–Trinajstić information content (AvgIpc) is 3.15. The van der Waals surface area contributed by atoms with Crippen LogP contribution in [0.15, 0.2) is 84.9 Å². The molecule has 0 N–H and O–H groups in total. The number of aryl methyl sites for hydroxylation is 1. The second-order valence-corrected chi connectivity index (χ2v) is 7.94. The van der Waals surface area contributed by atoms with Gasteiger partial charge in [0.25, 0.3) is 5.69 Å². The first-order valence-electron chi connectivity index (χ1n) is 10.8. The Morgan fingerprint density at radius 2 is 1.50 bits per heavy atom. The first kappa shape index (κ1) is 22.7. The van der Waals surface area contributed by atoms with Crippen LogP contribution in [0.25, 0.3) is 22.9 Å². The van der Waals surface area contributed by atoms with Gasteiger partial charge in [0.05, 0.1) is 12.0 Å². The number of rotatable bonds is 7. The molecular formula is C28H24N2O4. The number of ether oxygens (including phenoxy) is 1. The van der Waals surface area contributed by atoms with Crippen molar-refractivity contribution in [2.45, 2.75) is 13.8 Å². The third-order valence-electron chi connectivity index (χ3n) is 5.80. The Balaban J connectivity index is 1.55. The maximum atomic E-state index is 12.5. The third-order valence-corrected chi connectivity index (χ3v) is 5.80. The highest BCUT2D eigenvalue weighted by atomic mass is 16.6. The van der Waals surface area contributed by atoms with E-state index in [1.54, 1.807) is 49.6 Å². The quantitative estimate of drug-likeness (QED) is 0.137. The van der Waals surface area contributed by atoms with Crippen LogP contribution in [-0.2, 0) is 0 Å². The smallest absolute Gasteiger partial charge is 0.269 e. The standard InChI is InChI=1S/C28H24N2O4/c1-19-18-24(10-17-28(31)23-8-15-27(34-3)16-9-23)20(2)29(19)25-11-4-21(5-12-25)22-6-13-26(14-7-22)30(32)33/h4-18H,1-3H3/b17-10+. The number of ketones is 1. The zero-order valence-electron chi connectivity index (χ0n) is 19.2. The summed E-state index contributed by atoms with van der Waals surface area (Å²) in [6.07, 6.45) is 3.43. The Hall–Kier alpha value is -4.45. The zero-order valence-corrected chi connectivity index (χ0v) is 19.2. The lowest BCUT2D eigenvalue weighted by Gasteiger charge is -2.11. The fourth-order valence-electron chi connectivity index (χ4n) is 3.95. The molecule has 0 spiro atoms. The predicted molar refractivity (Wildman–Crippen MR) is 134 cm³/mol. The van der Waals surface area contributed by atoms with Crippen molar-refractivity contribution < 1.29 is 14.5 Å². The second kappa shape index (κ2) is 9.58. The van der Waals surface area contributed by atoms with Crippen LogP contribution in [0.5, 0.6) is 5.75 Å². The van der Waals surface area contributed by atoms with Crippen molar-refractivity contribution in [2.24, 2.45) is 0 Å². The summed E-state index contributed by atoms with van der Waals surface area (Å²) in [6, 6.07) is 23.7. The molecule has 0 bridgehead atoms. The molecule has 1 aromatic heterocycles. The van der Waals surface area contributed by atoms with E-state index in [2.05, 4.69) is 10.6 Å². The Morgan fingerprint density at radius 3 is 2.06 bits per heavy atom. The van der Waals surface area contributed by atoms with Crippen LogP contribution < -0.4 is 4.74 Å². The van der Waals surface area contributed by atoms with Crippen LogP contribution in [0.2, 0.25) is 0 Å². The van der Waals surface area contributed by atoms with E-state index in [4.69, 9.17) is 4.74 Å². The van der Waals surface area contributed by atoms with Crippen molar-refractivity contribution in [3.05, 3.63) is 118 Å². The lowest BCUT2D eigenvalue weighted by atomic mass is 10.0. The summed E-state index contributed by atoms with van der Waals surface area (Å²) < 4.78 is 7.28. The molecular weight excluding hydrogens is 428 g/mol. The zero-order chi connectivity index (χ0) is 24.2. The Labute approximate surface area is 197 Å². The van der Waals surface area contributed by atoms with Gasteiger partial charge in [-0.2, -0.15) is 0 Å². The molecule has 0 aliphatic carbocycles. The molecule has 0 fully saturated rings. The van der Waals surface area contributed by atoms with Gasteiger partial charge in [-0.05, 0) is 97.3 Å². The topological polar surface area (TPSA) is 74.4 Å². The van der Waals surface area contributed by atoms with Crippen LogP contribution in [0, 0.1) is 24.0 Å². The summed E-state index contributed by atoms with van der Waals surface area (Å²) in [5.74, 6) is 0.642. The van der Waals surface area contributed by atoms with E-state index in [0.717, 1.165) is 33.8 Å². The summed E-state index contributed by atoms with van der Waals surface area (Å²) in [6.45, 7) is 4.05. The number of non-ortho nitro benzene ring substituents is 1. The molecule has 0 atom stereocenters. The highest BCUT2D eigenvalue weighted by molar-refractivity contribution is 6.06. The molecule has 6 heteroatoms. The summed E-state index contributed by atoms with van der Waals surface area (Å²) in [4.78, 5) is 23.0. The van der Waals surface area contributed by atoms with E-state index in [1.807, 2.05) is 44.2 Å². The molecule has 3 aromatic carbocycles. The number of hydrogen-bond donors (Lipinski definition) is 0. The van der Waals surface area contributed by atoms with Gasteiger partial charge in [0.2, 0.25) is 0 Å². The highest BCUT2D eigenvalue weighted by Crippen LogP contribution is 2.26. The van der Waals surface area contributed by atoms with Crippen LogP contribution in [0.1, 0.15) is 27.3 Å². The first-order valence-corrected chi connectivity index (χ1v) is 10.8. The molecule has 0 aliphatic heterocycles. The average molecular weight is 453 g/mol. The maximum absolute atomic E-state index is 12.5. The van der Waals surface area contributed by atoms with E-state index >= 15 is 0 Å². The third kappa shape index (κ3) is 4.66. The number of hydrogen-bond acceptors (Lipinski definition) is 4. The van der Waals surface area contributed by atoms with E-state index in [0.29, 0.717) is 11.3 Å². The van der Waals surface area contributed by atoms with Gasteiger partial charge < -0.3 is 9.30 Å². The molecule has 6 nitrogen and oxygen atoms in total. The van der Waals surface area contributed by atoms with Gasteiger partial charge in [-0.3, -0.25) is 14.9 Å². The number of methoxy groups -OCH3 is 1. The van der Waals surface area contributed by atoms with Gasteiger partial charge in [-0.15, -0.1) is 0 Å². The van der Waals surface area contributed by atoms with Crippen molar-refractivity contribution >= 4 is 17.5 Å². The Morgan fingerprint density at radius 1 is 0.912 bits per heavy atom. The van der Waals surface area contributed by atoms with E-state index < -0.39 is 4.92 Å². The second-order valence-electron chi connectivity index (χ2n) is 7.94. The number of carbonyl (C=O) groups excluding carboxylic acids is 1. The number of nitrogens with zero attached hydrogens (tertiary/aromatic N) is 2. The number of nitro benzene ring substituents is 1. The molecule has 0 amide bonds. The van der Waals surface area contributed by atoms with Crippen LogP contribution in [0.4, 0.5) is 5.69 Å². The number of allylic oxidation sites excluding steroid dienone is 1. The van der Waals surface area contributed by atoms with Gasteiger partial charge in [-0.1, -0.05) is 12.1 Å². The lowest BCUT2D eigenvalue weighted by molar-refractivity contribution is -0.384. The molecule has 0 unspecified atom stereocenters. The van der Waals surface area contributed by atoms with Crippen molar-refractivity contribution in [2.75, 3.05) is 7.11 Å². The van der Waals surface area contributed by atoms with Crippen molar-refractivity contribution in [3.63, 3.8) is 0 Å². The largest absolute Gasteiger partial charge is 0.497 e. The summed E-state index contributed by atoms with van der Waals surface area (Å²) >= 11 is 0. The van der Waals surface area contributed by atoms with Gasteiger partial charge in [-0.25, -0.2) is 0 Å². The van der Waals surface area contributed by atoms with E-state index in [9.17, 15) is 14.9 Å². The number of nitro groups is 1. The van der Waals surface area contributed by atoms with Crippen molar-refractivity contribution in [1.29, 1.82) is 0 Å². The van der Waals surface area contributed by atoms with Crippen LogP contribution in [0.3, 0.4) is 0 Å². The van der Waals surface area contributed by atoms with Crippen LogP contribution >= 0.6 is 0 Å². The molecule has 34 heavy (non-hydrogen) atoms. The fourth-order valence-corrected chi connectivity index (χ4v) is 3.95. The normalized spacial score (nSPS) is 11.0. The van der Waals surface area contributed by atoms with Gasteiger partial charge in [0.15, 0.2) is 5.78 Å². The van der Waals surface area contributed by atoms with Crippen molar-refractivity contribution in [3.8, 4) is 22.6 Å². The molecule has 0 aliphatic rings. The Bertz CT molecular complexity index is 1360. The molecule has 0 radical (unpaired) electrons. The monoisotopic (exact) mass is 452 g/mol. The SMILES string of the molecule is COc1ccc(C(=O)/C=C/c2cc(C)n(-c3ccc(-c4ccc([N+](=O)[O-])cc4)cc3)c2C)cc1. The first-order chi connectivity index (χ1) is 16.4. The maximum Gasteiger partial charge on any atom is 0.269 e. The van der Waals surface area contributed by atoms with Gasteiger partial charge >= 0.3 is 0 Å². The summed E-state index contributed by atoms with van der Waals surface area (Å²) in [7, 11) is 1.59. The number of benzene rings is 3. The van der Waals surface area contributed by atoms with Crippen molar-refractivity contribution in [1.82, 2.24) is 4.57 Å².